The van der Waals surface area contributed by atoms with Gasteiger partial charge >= 0.3 is 0 Å². The third-order valence-electron chi connectivity index (χ3n) is 1.64. The topological polar surface area (TPSA) is 79.2 Å². The number of ether oxygens (including phenoxy) is 2. The molecule has 0 bridgehead atoms. The van der Waals surface area contributed by atoms with Crippen LogP contribution in [0.5, 0.6) is 0 Å². The number of aliphatic hydroxyl groups is 3. The van der Waals surface area contributed by atoms with Crippen molar-refractivity contribution in [1.29, 1.82) is 0 Å². The molecule has 1 rings (SSSR count). The summed E-state index contributed by atoms with van der Waals surface area (Å²) in [5.74, 6) is 0.208. The van der Waals surface area contributed by atoms with Gasteiger partial charge in [-0.25, -0.2) is 0 Å². The van der Waals surface area contributed by atoms with Crippen LogP contribution in [-0.4, -0.2) is 47.5 Å². The monoisotopic (exact) mass is 176 g/mol. The number of aliphatic hydroxyl groups excluding tert-OH is 3. The Balaban J connectivity index is 2.68. The van der Waals surface area contributed by atoms with E-state index in [1.54, 1.807) is 0 Å². The lowest BCUT2D eigenvalue weighted by Crippen LogP contribution is -2.43. The first-order chi connectivity index (χ1) is 5.69. The minimum atomic E-state index is -1.11. The molecule has 70 valence electrons. The van der Waals surface area contributed by atoms with Gasteiger partial charge in [0.25, 0.3) is 0 Å². The van der Waals surface area contributed by atoms with Gasteiger partial charge < -0.3 is 24.8 Å². The van der Waals surface area contributed by atoms with Crippen LogP contribution >= 0.6 is 0 Å². The number of hydrogen-bond acceptors (Lipinski definition) is 5. The molecule has 1 aliphatic rings. The predicted octanol–water partition coefficient (Wildman–Crippen LogP) is -1.41. The van der Waals surface area contributed by atoms with Crippen LogP contribution in [0.2, 0.25) is 0 Å². The smallest absolute Gasteiger partial charge is 0.228 e. The molecule has 0 aliphatic carbocycles. The van der Waals surface area contributed by atoms with Crippen LogP contribution in [0.1, 0.15) is 0 Å². The highest BCUT2D eigenvalue weighted by Gasteiger charge is 2.31. The summed E-state index contributed by atoms with van der Waals surface area (Å²) in [5, 5.41) is 27.1. The average molecular weight is 176 g/mol. The van der Waals surface area contributed by atoms with Gasteiger partial charge in [0.2, 0.25) is 6.29 Å². The molecule has 5 nitrogen and oxygen atoms in total. The van der Waals surface area contributed by atoms with E-state index in [1.165, 1.54) is 13.2 Å². The molecule has 0 radical (unpaired) electrons. The molecule has 3 atom stereocenters. The normalized spacial score (nSPS) is 35.7. The Labute approximate surface area is 69.8 Å². The van der Waals surface area contributed by atoms with Gasteiger partial charge in [-0.15, -0.1) is 0 Å². The third-order valence-corrected chi connectivity index (χ3v) is 1.64. The van der Waals surface area contributed by atoms with Crippen LogP contribution < -0.4 is 0 Å². The molecule has 0 aromatic rings. The lowest BCUT2D eigenvalue weighted by Gasteiger charge is -2.30. The van der Waals surface area contributed by atoms with E-state index in [9.17, 15) is 10.2 Å². The van der Waals surface area contributed by atoms with E-state index in [1.807, 2.05) is 0 Å². The lowest BCUT2D eigenvalue weighted by molar-refractivity contribution is -0.193. The zero-order chi connectivity index (χ0) is 9.14. The van der Waals surface area contributed by atoms with E-state index in [4.69, 9.17) is 14.6 Å². The highest BCUT2D eigenvalue weighted by molar-refractivity contribution is 5.05. The molecule has 0 aromatic carbocycles. The molecule has 1 heterocycles. The Morgan fingerprint density at radius 2 is 2.25 bits per heavy atom. The molecule has 0 saturated carbocycles. The van der Waals surface area contributed by atoms with Crippen LogP contribution in [0.3, 0.4) is 0 Å². The first kappa shape index (κ1) is 9.47. The number of hydrogen-bond donors (Lipinski definition) is 3. The van der Waals surface area contributed by atoms with E-state index in [0.717, 1.165) is 0 Å². The molecule has 0 aromatic heterocycles. The Bertz CT molecular complexity index is 179. The zero-order valence-electron chi connectivity index (χ0n) is 6.67. The summed E-state index contributed by atoms with van der Waals surface area (Å²) in [7, 11) is 1.35. The van der Waals surface area contributed by atoms with Crippen molar-refractivity contribution in [1.82, 2.24) is 0 Å². The van der Waals surface area contributed by atoms with Crippen LogP contribution in [0.15, 0.2) is 11.8 Å². The van der Waals surface area contributed by atoms with Crippen molar-refractivity contribution in [2.75, 3.05) is 13.7 Å². The average Bonchev–Trinajstić information content (AvgIpc) is 2.09. The molecule has 5 heteroatoms. The maximum atomic E-state index is 9.22. The number of rotatable bonds is 2. The molecular weight excluding hydrogens is 164 g/mol. The van der Waals surface area contributed by atoms with Gasteiger partial charge in [-0.3, -0.25) is 0 Å². The Morgan fingerprint density at radius 3 is 2.75 bits per heavy atom. The van der Waals surface area contributed by atoms with Crippen LogP contribution in [0, 0.1) is 0 Å². The van der Waals surface area contributed by atoms with Gasteiger partial charge in [-0.1, -0.05) is 0 Å². The summed E-state index contributed by atoms with van der Waals surface area (Å²) in [6, 6.07) is 0. The molecule has 3 N–H and O–H groups in total. The molecule has 0 fully saturated rings. The van der Waals surface area contributed by atoms with E-state index in [-0.39, 0.29) is 12.4 Å². The predicted molar refractivity (Wildman–Crippen MR) is 39.1 cm³/mol. The molecule has 0 amide bonds. The second-order valence-corrected chi connectivity index (χ2v) is 2.49. The van der Waals surface area contributed by atoms with Gasteiger partial charge in [0, 0.05) is 7.11 Å². The third kappa shape index (κ3) is 1.75. The standard InChI is InChI=1S/C7H12O5/c1-11-7-6(10)5(9)2-4(3-8)12-7/h2,5-10H,3H2,1H3/t5-,6+,7-/m0/s1. The maximum absolute atomic E-state index is 9.22. The summed E-state index contributed by atoms with van der Waals surface area (Å²) in [5.41, 5.74) is 0. The fraction of sp³-hybridized carbons (Fsp3) is 0.714. The summed E-state index contributed by atoms with van der Waals surface area (Å²) < 4.78 is 9.67. The van der Waals surface area contributed by atoms with E-state index < -0.39 is 18.5 Å². The van der Waals surface area contributed by atoms with Crippen molar-refractivity contribution < 1.29 is 24.8 Å². The molecule has 0 spiro atoms. The first-order valence-electron chi connectivity index (χ1n) is 3.56. The molecule has 12 heavy (non-hydrogen) atoms. The summed E-state index contributed by atoms with van der Waals surface area (Å²) in [6.07, 6.45) is -1.82. The van der Waals surface area contributed by atoms with Crippen LogP contribution in [0.4, 0.5) is 0 Å². The minimum absolute atomic E-state index is 0.208. The fourth-order valence-electron chi connectivity index (χ4n) is 0.986. The van der Waals surface area contributed by atoms with Crippen LogP contribution in [-0.2, 0) is 9.47 Å². The van der Waals surface area contributed by atoms with E-state index in [0.29, 0.717) is 0 Å². The van der Waals surface area contributed by atoms with Crippen LogP contribution in [0.25, 0.3) is 0 Å². The molecule has 1 aliphatic heterocycles. The van der Waals surface area contributed by atoms with Gasteiger partial charge in [0.05, 0.1) is 0 Å². The van der Waals surface area contributed by atoms with E-state index >= 15 is 0 Å². The molecule has 0 saturated heterocycles. The highest BCUT2D eigenvalue weighted by Crippen LogP contribution is 2.17. The Morgan fingerprint density at radius 1 is 1.58 bits per heavy atom. The fourth-order valence-corrected chi connectivity index (χ4v) is 0.986. The lowest BCUT2D eigenvalue weighted by atomic mass is 10.1. The quantitative estimate of drug-likeness (QED) is 0.481. The molecule has 0 unspecified atom stereocenters. The van der Waals surface area contributed by atoms with Crippen molar-refractivity contribution in [3.05, 3.63) is 11.8 Å². The SMILES string of the molecule is CO[C@H]1OC(CO)=C[C@H](O)[C@H]1O. The van der Waals surface area contributed by atoms with Crippen molar-refractivity contribution in [3.63, 3.8) is 0 Å². The second-order valence-electron chi connectivity index (χ2n) is 2.49. The Kier molecular flexibility index (Phi) is 3.05. The second kappa shape index (κ2) is 3.86. The van der Waals surface area contributed by atoms with Crippen molar-refractivity contribution in [3.8, 4) is 0 Å². The molecular formula is C7H12O5. The minimum Gasteiger partial charge on any atom is -0.464 e. The van der Waals surface area contributed by atoms with Crippen molar-refractivity contribution in [2.45, 2.75) is 18.5 Å². The number of methoxy groups -OCH3 is 1. The van der Waals surface area contributed by atoms with Gasteiger partial charge in [0.1, 0.15) is 24.6 Å². The zero-order valence-corrected chi connectivity index (χ0v) is 6.67. The van der Waals surface area contributed by atoms with Crippen molar-refractivity contribution in [2.24, 2.45) is 0 Å². The largest absolute Gasteiger partial charge is 0.464 e. The Hall–Kier alpha value is -0.620. The van der Waals surface area contributed by atoms with Gasteiger partial charge in [-0.05, 0) is 6.08 Å². The summed E-state index contributed by atoms with van der Waals surface area (Å²) in [4.78, 5) is 0. The maximum Gasteiger partial charge on any atom is 0.228 e. The van der Waals surface area contributed by atoms with E-state index in [2.05, 4.69) is 0 Å². The first-order valence-corrected chi connectivity index (χ1v) is 3.56. The van der Waals surface area contributed by atoms with Crippen molar-refractivity contribution >= 4 is 0 Å². The van der Waals surface area contributed by atoms with Gasteiger partial charge in [0.15, 0.2) is 0 Å². The highest BCUT2D eigenvalue weighted by atomic mass is 16.7. The summed E-state index contributed by atoms with van der Waals surface area (Å²) in [6.45, 7) is -0.316. The summed E-state index contributed by atoms with van der Waals surface area (Å²) >= 11 is 0. The van der Waals surface area contributed by atoms with Gasteiger partial charge in [-0.2, -0.15) is 0 Å².